The van der Waals surface area contributed by atoms with Gasteiger partial charge in [-0.1, -0.05) is 6.07 Å². The molecule has 1 heterocycles. The Balaban J connectivity index is 2.32. The minimum absolute atomic E-state index is 0.365. The Labute approximate surface area is 111 Å². The van der Waals surface area contributed by atoms with Crippen LogP contribution in [-0.4, -0.2) is 19.2 Å². The van der Waals surface area contributed by atoms with Crippen molar-refractivity contribution in [3.8, 4) is 23.1 Å². The Hall–Kier alpha value is -2.27. The van der Waals surface area contributed by atoms with Crippen molar-refractivity contribution in [2.24, 2.45) is 5.73 Å². The molecule has 0 saturated carbocycles. The number of pyridine rings is 1. The Morgan fingerprint density at radius 3 is 2.26 bits per heavy atom. The molecule has 100 valence electrons. The highest BCUT2D eigenvalue weighted by molar-refractivity contribution is 5.44. The second kappa shape index (κ2) is 6.06. The number of methoxy groups -OCH3 is 2. The van der Waals surface area contributed by atoms with Gasteiger partial charge >= 0.3 is 0 Å². The standard InChI is InChI=1S/C14H16N2O3/c1-17-11-6-12(18-2)8-13(7-11)19-14-10(9-15)4-3-5-16-14/h3-8H,9,15H2,1-2H3. The number of benzene rings is 1. The Bertz CT molecular complexity index is 536. The van der Waals surface area contributed by atoms with Crippen LogP contribution >= 0.6 is 0 Å². The molecule has 2 rings (SSSR count). The molecule has 5 heteroatoms. The minimum Gasteiger partial charge on any atom is -0.496 e. The number of hydrogen-bond donors (Lipinski definition) is 1. The zero-order valence-corrected chi connectivity index (χ0v) is 10.9. The summed E-state index contributed by atoms with van der Waals surface area (Å²) in [7, 11) is 3.18. The maximum atomic E-state index is 5.73. The summed E-state index contributed by atoms with van der Waals surface area (Å²) in [4.78, 5) is 4.17. The van der Waals surface area contributed by atoms with E-state index in [-0.39, 0.29) is 0 Å². The zero-order valence-electron chi connectivity index (χ0n) is 10.9. The quantitative estimate of drug-likeness (QED) is 0.893. The molecule has 0 atom stereocenters. The van der Waals surface area contributed by atoms with Gasteiger partial charge < -0.3 is 19.9 Å². The van der Waals surface area contributed by atoms with Gasteiger partial charge in [0.05, 0.1) is 14.2 Å². The van der Waals surface area contributed by atoms with Gasteiger partial charge in [0.25, 0.3) is 0 Å². The summed E-state index contributed by atoms with van der Waals surface area (Å²) >= 11 is 0. The van der Waals surface area contributed by atoms with Gasteiger partial charge in [0.1, 0.15) is 17.2 Å². The van der Waals surface area contributed by atoms with E-state index in [2.05, 4.69) is 4.98 Å². The van der Waals surface area contributed by atoms with Crippen LogP contribution in [0, 0.1) is 0 Å². The lowest BCUT2D eigenvalue weighted by Crippen LogP contribution is -2.01. The summed E-state index contributed by atoms with van der Waals surface area (Å²) in [5.74, 6) is 2.38. The first-order chi connectivity index (χ1) is 9.26. The van der Waals surface area contributed by atoms with Crippen LogP contribution in [0.5, 0.6) is 23.1 Å². The Kier molecular flexibility index (Phi) is 4.20. The number of ether oxygens (including phenoxy) is 3. The van der Waals surface area contributed by atoms with Crippen molar-refractivity contribution in [3.05, 3.63) is 42.1 Å². The molecule has 0 aliphatic heterocycles. The molecule has 0 saturated heterocycles. The van der Waals surface area contributed by atoms with Crippen LogP contribution in [-0.2, 0) is 6.54 Å². The molecule has 2 N–H and O–H groups in total. The van der Waals surface area contributed by atoms with Gasteiger partial charge in [0.15, 0.2) is 0 Å². The van der Waals surface area contributed by atoms with E-state index in [1.807, 2.05) is 12.1 Å². The van der Waals surface area contributed by atoms with Gasteiger partial charge in [0.2, 0.25) is 5.88 Å². The highest BCUT2D eigenvalue weighted by Gasteiger charge is 2.07. The molecule has 5 nitrogen and oxygen atoms in total. The van der Waals surface area contributed by atoms with Crippen LogP contribution in [0.2, 0.25) is 0 Å². The lowest BCUT2D eigenvalue weighted by Gasteiger charge is -2.11. The average molecular weight is 260 g/mol. The molecule has 0 fully saturated rings. The van der Waals surface area contributed by atoms with Gasteiger partial charge in [-0.15, -0.1) is 0 Å². The monoisotopic (exact) mass is 260 g/mol. The first-order valence-electron chi connectivity index (χ1n) is 5.81. The summed E-state index contributed by atoms with van der Waals surface area (Å²) in [6.45, 7) is 0.365. The predicted molar refractivity (Wildman–Crippen MR) is 71.7 cm³/mol. The van der Waals surface area contributed by atoms with Crippen molar-refractivity contribution in [1.82, 2.24) is 4.98 Å². The van der Waals surface area contributed by atoms with E-state index in [0.717, 1.165) is 5.56 Å². The molecule has 0 bridgehead atoms. The number of hydrogen-bond acceptors (Lipinski definition) is 5. The third-order valence-electron chi connectivity index (χ3n) is 2.61. The third-order valence-corrected chi connectivity index (χ3v) is 2.61. The molecule has 0 amide bonds. The van der Waals surface area contributed by atoms with Crippen LogP contribution in [0.15, 0.2) is 36.5 Å². The van der Waals surface area contributed by atoms with Crippen LogP contribution in [0.1, 0.15) is 5.56 Å². The predicted octanol–water partition coefficient (Wildman–Crippen LogP) is 2.35. The summed E-state index contributed by atoms with van der Waals surface area (Å²) in [6.07, 6.45) is 1.66. The summed E-state index contributed by atoms with van der Waals surface area (Å²) < 4.78 is 16.1. The lowest BCUT2D eigenvalue weighted by molar-refractivity contribution is 0.384. The SMILES string of the molecule is COc1cc(OC)cc(Oc2ncccc2CN)c1. The second-order valence-corrected chi connectivity index (χ2v) is 3.82. The van der Waals surface area contributed by atoms with Crippen molar-refractivity contribution in [1.29, 1.82) is 0 Å². The van der Waals surface area contributed by atoms with E-state index < -0.39 is 0 Å². The van der Waals surface area contributed by atoms with E-state index in [1.54, 1.807) is 38.6 Å². The number of nitrogens with zero attached hydrogens (tertiary/aromatic N) is 1. The molecular formula is C14H16N2O3. The van der Waals surface area contributed by atoms with E-state index in [0.29, 0.717) is 29.7 Å². The maximum absolute atomic E-state index is 5.73. The molecule has 2 aromatic rings. The van der Waals surface area contributed by atoms with Crippen molar-refractivity contribution < 1.29 is 14.2 Å². The van der Waals surface area contributed by atoms with Crippen LogP contribution < -0.4 is 19.9 Å². The molecule has 0 spiro atoms. The highest BCUT2D eigenvalue weighted by Crippen LogP contribution is 2.31. The summed E-state index contributed by atoms with van der Waals surface area (Å²) in [5.41, 5.74) is 6.48. The van der Waals surface area contributed by atoms with Crippen molar-refractivity contribution in [2.75, 3.05) is 14.2 Å². The number of nitrogens with two attached hydrogens (primary N) is 1. The van der Waals surface area contributed by atoms with Gasteiger partial charge in [-0.05, 0) is 6.07 Å². The van der Waals surface area contributed by atoms with Crippen LogP contribution in [0.4, 0.5) is 0 Å². The summed E-state index contributed by atoms with van der Waals surface area (Å²) in [6, 6.07) is 8.99. The fraction of sp³-hybridized carbons (Fsp3) is 0.214. The first kappa shape index (κ1) is 13.2. The topological polar surface area (TPSA) is 66.6 Å². The second-order valence-electron chi connectivity index (χ2n) is 3.82. The normalized spacial score (nSPS) is 10.1. The van der Waals surface area contributed by atoms with Crippen LogP contribution in [0.3, 0.4) is 0 Å². The van der Waals surface area contributed by atoms with E-state index in [4.69, 9.17) is 19.9 Å². The zero-order chi connectivity index (χ0) is 13.7. The summed E-state index contributed by atoms with van der Waals surface area (Å²) in [5, 5.41) is 0. The third kappa shape index (κ3) is 3.14. The fourth-order valence-corrected chi connectivity index (χ4v) is 1.62. The maximum Gasteiger partial charge on any atom is 0.223 e. The van der Waals surface area contributed by atoms with Gasteiger partial charge in [-0.2, -0.15) is 0 Å². The van der Waals surface area contributed by atoms with E-state index in [1.165, 1.54) is 0 Å². The fourth-order valence-electron chi connectivity index (χ4n) is 1.62. The first-order valence-corrected chi connectivity index (χ1v) is 5.81. The van der Waals surface area contributed by atoms with E-state index in [9.17, 15) is 0 Å². The van der Waals surface area contributed by atoms with Gasteiger partial charge in [0, 0.05) is 36.5 Å². The molecule has 1 aromatic heterocycles. The number of aromatic nitrogens is 1. The molecule has 0 aliphatic carbocycles. The largest absolute Gasteiger partial charge is 0.496 e. The Morgan fingerprint density at radius 2 is 1.68 bits per heavy atom. The highest BCUT2D eigenvalue weighted by atomic mass is 16.5. The molecule has 0 aliphatic rings. The minimum atomic E-state index is 0.365. The van der Waals surface area contributed by atoms with Crippen molar-refractivity contribution in [3.63, 3.8) is 0 Å². The van der Waals surface area contributed by atoms with E-state index >= 15 is 0 Å². The van der Waals surface area contributed by atoms with Crippen molar-refractivity contribution >= 4 is 0 Å². The van der Waals surface area contributed by atoms with Gasteiger partial charge in [-0.25, -0.2) is 4.98 Å². The smallest absolute Gasteiger partial charge is 0.223 e. The van der Waals surface area contributed by atoms with Gasteiger partial charge in [-0.3, -0.25) is 0 Å². The molecule has 0 radical (unpaired) electrons. The van der Waals surface area contributed by atoms with Crippen molar-refractivity contribution in [2.45, 2.75) is 6.54 Å². The number of rotatable bonds is 5. The Morgan fingerprint density at radius 1 is 1.05 bits per heavy atom. The molecule has 1 aromatic carbocycles. The average Bonchev–Trinajstić information content (AvgIpc) is 2.47. The molecule has 0 unspecified atom stereocenters. The lowest BCUT2D eigenvalue weighted by atomic mass is 10.2. The van der Waals surface area contributed by atoms with Crippen LogP contribution in [0.25, 0.3) is 0 Å². The molecular weight excluding hydrogens is 244 g/mol. The molecule has 19 heavy (non-hydrogen) atoms.